The van der Waals surface area contributed by atoms with Crippen molar-refractivity contribution in [1.82, 2.24) is 20.5 Å². The number of aromatic nitrogens is 3. The van der Waals surface area contributed by atoms with Gasteiger partial charge in [0, 0.05) is 30.1 Å². The summed E-state index contributed by atoms with van der Waals surface area (Å²) in [6.07, 6.45) is 2.30. The Morgan fingerprint density at radius 1 is 1.37 bits per heavy atom. The van der Waals surface area contributed by atoms with Gasteiger partial charge >= 0.3 is 0 Å². The highest BCUT2D eigenvalue weighted by atomic mass is 32.1. The van der Waals surface area contributed by atoms with Crippen LogP contribution in [0.25, 0.3) is 11.4 Å². The first kappa shape index (κ1) is 12.6. The van der Waals surface area contributed by atoms with E-state index < -0.39 is 0 Å². The highest BCUT2D eigenvalue weighted by Crippen LogP contribution is 2.25. The predicted octanol–water partition coefficient (Wildman–Crippen LogP) is 2.03. The average molecular weight is 277 g/mol. The second-order valence-corrected chi connectivity index (χ2v) is 5.75. The molecule has 1 aliphatic rings. The molecule has 19 heavy (non-hydrogen) atoms. The van der Waals surface area contributed by atoms with E-state index in [-0.39, 0.29) is 0 Å². The first-order chi connectivity index (χ1) is 9.28. The Morgan fingerprint density at radius 2 is 2.16 bits per heavy atom. The van der Waals surface area contributed by atoms with E-state index in [4.69, 9.17) is 0 Å². The number of rotatable bonds is 3. The van der Waals surface area contributed by atoms with E-state index in [0.717, 1.165) is 43.3 Å². The third-order valence-corrected chi connectivity index (χ3v) is 4.63. The van der Waals surface area contributed by atoms with E-state index in [1.54, 1.807) is 11.3 Å². The zero-order valence-corrected chi connectivity index (χ0v) is 12.1. The minimum absolute atomic E-state index is 0.633. The first-order valence-corrected chi connectivity index (χ1v) is 7.60. The monoisotopic (exact) mass is 277 g/mol. The van der Waals surface area contributed by atoms with Crippen molar-refractivity contribution < 1.29 is 0 Å². The Hall–Kier alpha value is -1.40. The Morgan fingerprint density at radius 3 is 2.79 bits per heavy atom. The fourth-order valence-electron chi connectivity index (χ4n) is 2.49. The van der Waals surface area contributed by atoms with Gasteiger partial charge in [-0.05, 0) is 37.8 Å². The van der Waals surface area contributed by atoms with E-state index in [2.05, 4.69) is 43.1 Å². The van der Waals surface area contributed by atoms with Crippen molar-refractivity contribution in [3.8, 4) is 11.4 Å². The molecule has 0 unspecified atom stereocenters. The van der Waals surface area contributed by atoms with Crippen LogP contribution in [-0.4, -0.2) is 41.4 Å². The standard InChI is InChI=1S/C13H19N5S/c1-9-7-19-8-11(9)12-15-13(17-16-12)18-5-3-10(14-2)4-6-18/h7-8,10,14H,3-6H2,1-2H3,(H,15,16,17). The smallest absolute Gasteiger partial charge is 0.245 e. The molecular formula is C13H19N5S. The molecule has 0 aromatic carbocycles. The molecule has 0 atom stereocenters. The van der Waals surface area contributed by atoms with Crippen molar-refractivity contribution in [2.24, 2.45) is 0 Å². The van der Waals surface area contributed by atoms with Gasteiger partial charge in [0.1, 0.15) is 0 Å². The van der Waals surface area contributed by atoms with Gasteiger partial charge in [-0.15, -0.1) is 5.10 Å². The zero-order valence-electron chi connectivity index (χ0n) is 11.3. The van der Waals surface area contributed by atoms with Crippen LogP contribution in [0.4, 0.5) is 5.95 Å². The zero-order chi connectivity index (χ0) is 13.2. The maximum atomic E-state index is 4.63. The lowest BCUT2D eigenvalue weighted by molar-refractivity contribution is 0.439. The van der Waals surface area contributed by atoms with Crippen LogP contribution >= 0.6 is 11.3 Å². The summed E-state index contributed by atoms with van der Waals surface area (Å²) < 4.78 is 0. The molecule has 3 heterocycles. The molecule has 102 valence electrons. The van der Waals surface area contributed by atoms with Crippen LogP contribution < -0.4 is 10.2 Å². The summed E-state index contributed by atoms with van der Waals surface area (Å²) in [5.74, 6) is 1.71. The molecule has 0 bridgehead atoms. The van der Waals surface area contributed by atoms with E-state index >= 15 is 0 Å². The Bertz CT molecular complexity index is 539. The summed E-state index contributed by atoms with van der Waals surface area (Å²) in [5.41, 5.74) is 2.41. The number of hydrogen-bond acceptors (Lipinski definition) is 5. The number of thiophene rings is 1. The number of nitrogens with one attached hydrogen (secondary N) is 2. The summed E-state index contributed by atoms with van der Waals surface area (Å²) >= 11 is 1.70. The second kappa shape index (κ2) is 5.30. The number of anilines is 1. The van der Waals surface area contributed by atoms with Crippen molar-refractivity contribution in [2.45, 2.75) is 25.8 Å². The number of nitrogens with zero attached hydrogens (tertiary/aromatic N) is 3. The van der Waals surface area contributed by atoms with Crippen molar-refractivity contribution in [1.29, 1.82) is 0 Å². The Balaban J connectivity index is 1.74. The molecule has 3 rings (SSSR count). The fraction of sp³-hybridized carbons (Fsp3) is 0.538. The Labute approximate surface area is 117 Å². The minimum atomic E-state index is 0.633. The predicted molar refractivity (Wildman–Crippen MR) is 78.7 cm³/mol. The maximum absolute atomic E-state index is 4.63. The largest absolute Gasteiger partial charge is 0.339 e. The van der Waals surface area contributed by atoms with Gasteiger partial charge in [-0.3, -0.25) is 5.10 Å². The summed E-state index contributed by atoms with van der Waals surface area (Å²) in [6, 6.07) is 0.633. The van der Waals surface area contributed by atoms with Crippen LogP contribution in [-0.2, 0) is 0 Å². The van der Waals surface area contributed by atoms with Gasteiger partial charge in [0.25, 0.3) is 0 Å². The van der Waals surface area contributed by atoms with Gasteiger partial charge in [-0.1, -0.05) is 0 Å². The van der Waals surface area contributed by atoms with Gasteiger partial charge in [0.2, 0.25) is 5.95 Å². The van der Waals surface area contributed by atoms with Gasteiger partial charge in [0.15, 0.2) is 5.82 Å². The molecule has 0 spiro atoms. The molecule has 6 heteroatoms. The van der Waals surface area contributed by atoms with Crippen molar-refractivity contribution in [2.75, 3.05) is 25.0 Å². The van der Waals surface area contributed by atoms with Crippen LogP contribution in [0.5, 0.6) is 0 Å². The first-order valence-electron chi connectivity index (χ1n) is 6.65. The van der Waals surface area contributed by atoms with Crippen LogP contribution in [0, 0.1) is 6.92 Å². The third kappa shape index (κ3) is 2.50. The number of aromatic amines is 1. The van der Waals surface area contributed by atoms with Gasteiger partial charge in [0.05, 0.1) is 0 Å². The molecule has 0 aliphatic carbocycles. The van der Waals surface area contributed by atoms with E-state index in [1.165, 1.54) is 5.56 Å². The normalized spacial score (nSPS) is 17.1. The molecule has 2 aromatic heterocycles. The number of H-pyrrole nitrogens is 1. The summed E-state index contributed by atoms with van der Waals surface area (Å²) in [7, 11) is 2.03. The fourth-order valence-corrected chi connectivity index (χ4v) is 3.32. The van der Waals surface area contributed by atoms with Crippen LogP contribution in [0.3, 0.4) is 0 Å². The lowest BCUT2D eigenvalue weighted by Gasteiger charge is -2.30. The molecule has 2 N–H and O–H groups in total. The average Bonchev–Trinajstić information content (AvgIpc) is 3.07. The van der Waals surface area contributed by atoms with E-state index in [1.807, 2.05) is 7.05 Å². The highest BCUT2D eigenvalue weighted by Gasteiger charge is 2.21. The molecule has 5 nitrogen and oxygen atoms in total. The van der Waals surface area contributed by atoms with Gasteiger partial charge in [-0.2, -0.15) is 16.3 Å². The number of aryl methyl sites for hydroxylation is 1. The van der Waals surface area contributed by atoms with Crippen LogP contribution in [0.1, 0.15) is 18.4 Å². The van der Waals surface area contributed by atoms with Gasteiger partial charge in [-0.25, -0.2) is 0 Å². The molecule has 0 saturated carbocycles. The summed E-state index contributed by atoms with van der Waals surface area (Å²) in [4.78, 5) is 6.89. The number of hydrogen-bond donors (Lipinski definition) is 2. The summed E-state index contributed by atoms with van der Waals surface area (Å²) in [6.45, 7) is 4.14. The summed E-state index contributed by atoms with van der Waals surface area (Å²) in [5, 5.41) is 15.0. The van der Waals surface area contributed by atoms with Crippen LogP contribution in [0.15, 0.2) is 10.8 Å². The Kier molecular flexibility index (Phi) is 3.52. The molecule has 0 radical (unpaired) electrons. The molecule has 1 aliphatic heterocycles. The van der Waals surface area contributed by atoms with Crippen molar-refractivity contribution >= 4 is 17.3 Å². The highest BCUT2D eigenvalue weighted by molar-refractivity contribution is 7.08. The van der Waals surface area contributed by atoms with E-state index in [0.29, 0.717) is 6.04 Å². The maximum Gasteiger partial charge on any atom is 0.245 e. The minimum Gasteiger partial charge on any atom is -0.339 e. The van der Waals surface area contributed by atoms with E-state index in [9.17, 15) is 0 Å². The third-order valence-electron chi connectivity index (χ3n) is 3.77. The quantitative estimate of drug-likeness (QED) is 0.901. The second-order valence-electron chi connectivity index (χ2n) is 5.00. The van der Waals surface area contributed by atoms with Crippen LogP contribution in [0.2, 0.25) is 0 Å². The molecule has 2 aromatic rings. The lowest BCUT2D eigenvalue weighted by Crippen LogP contribution is -2.41. The molecule has 1 fully saturated rings. The van der Waals surface area contributed by atoms with Crippen molar-refractivity contribution in [3.63, 3.8) is 0 Å². The van der Waals surface area contributed by atoms with Gasteiger partial charge < -0.3 is 10.2 Å². The SMILES string of the molecule is CNC1CCN(c2n[nH]c(-c3cscc3C)n2)CC1. The lowest BCUT2D eigenvalue weighted by atomic mass is 10.1. The molecule has 1 saturated heterocycles. The van der Waals surface area contributed by atoms with Crippen molar-refractivity contribution in [3.05, 3.63) is 16.3 Å². The topological polar surface area (TPSA) is 56.8 Å². The molecule has 0 amide bonds. The molecular weight excluding hydrogens is 258 g/mol. The number of piperidine rings is 1.